The summed E-state index contributed by atoms with van der Waals surface area (Å²) in [6.45, 7) is 1.78. The number of ether oxygens (including phenoxy) is 2. The molecular formula is C22H24Cl3NO8S. The van der Waals surface area contributed by atoms with Gasteiger partial charge in [0.2, 0.25) is 21.7 Å². The normalized spacial score (nSPS) is 13.1. The van der Waals surface area contributed by atoms with E-state index < -0.39 is 33.9 Å². The first-order valence-electron chi connectivity index (χ1n) is 10.2. The molecule has 0 heterocycles. The van der Waals surface area contributed by atoms with E-state index in [0.29, 0.717) is 0 Å². The predicted octanol–water partition coefficient (Wildman–Crippen LogP) is 2.94. The van der Waals surface area contributed by atoms with Crippen molar-refractivity contribution in [2.45, 2.75) is 35.8 Å². The highest BCUT2D eigenvalue weighted by Gasteiger charge is 2.23. The standard InChI is InChI=1S/C22H24Cl3NO8S/c1-13(27)26(14(2)28)10-16(30)12-33-17-3-5-18(6-4-17)35(31,32)19-7-20(24)22(21(25)8-19)34-11-15(29)9-23/h3-8,15-16,29-30H,9-12H2,1-2H3/t15-,16+/m1/s1. The Morgan fingerprint density at radius 3 is 1.91 bits per heavy atom. The van der Waals surface area contributed by atoms with Crippen molar-refractivity contribution in [2.75, 3.05) is 25.6 Å². The first-order chi connectivity index (χ1) is 16.4. The van der Waals surface area contributed by atoms with Gasteiger partial charge in [-0.3, -0.25) is 14.5 Å². The van der Waals surface area contributed by atoms with Gasteiger partial charge in [-0.25, -0.2) is 8.42 Å². The summed E-state index contributed by atoms with van der Waals surface area (Å²) in [4.78, 5) is 23.5. The largest absolute Gasteiger partial charge is 0.491 e. The second-order valence-electron chi connectivity index (χ2n) is 7.42. The Labute approximate surface area is 218 Å². The third-order valence-corrected chi connectivity index (χ3v) is 7.28. The lowest BCUT2D eigenvalue weighted by Crippen LogP contribution is -2.41. The van der Waals surface area contributed by atoms with Crippen LogP contribution in [0, 0.1) is 0 Å². The maximum Gasteiger partial charge on any atom is 0.226 e. The van der Waals surface area contributed by atoms with Crippen LogP contribution in [-0.2, 0) is 19.4 Å². The van der Waals surface area contributed by atoms with Crippen molar-refractivity contribution >= 4 is 56.5 Å². The van der Waals surface area contributed by atoms with Crippen LogP contribution in [0.2, 0.25) is 10.0 Å². The quantitative estimate of drug-likeness (QED) is 0.396. The van der Waals surface area contributed by atoms with Gasteiger partial charge in [-0.15, -0.1) is 11.6 Å². The van der Waals surface area contributed by atoms with Gasteiger partial charge < -0.3 is 19.7 Å². The molecule has 0 aliphatic heterocycles. The average molecular weight is 569 g/mol. The molecule has 0 spiro atoms. The summed E-state index contributed by atoms with van der Waals surface area (Å²) in [5, 5.41) is 19.4. The van der Waals surface area contributed by atoms with Crippen molar-refractivity contribution < 1.29 is 37.7 Å². The monoisotopic (exact) mass is 567 g/mol. The Morgan fingerprint density at radius 1 is 0.914 bits per heavy atom. The number of carbonyl (C=O) groups excluding carboxylic acids is 2. The molecular weight excluding hydrogens is 545 g/mol. The number of benzene rings is 2. The number of nitrogens with zero attached hydrogens (tertiary/aromatic N) is 1. The number of hydrogen-bond donors (Lipinski definition) is 2. The van der Waals surface area contributed by atoms with Crippen molar-refractivity contribution in [2.24, 2.45) is 0 Å². The summed E-state index contributed by atoms with van der Waals surface area (Å²) >= 11 is 17.8. The molecule has 2 aromatic carbocycles. The predicted molar refractivity (Wildman–Crippen MR) is 130 cm³/mol. The number of aliphatic hydroxyl groups is 2. The van der Waals surface area contributed by atoms with E-state index in [4.69, 9.17) is 44.3 Å². The Morgan fingerprint density at radius 2 is 1.43 bits per heavy atom. The number of rotatable bonds is 11. The number of halogens is 3. The van der Waals surface area contributed by atoms with E-state index >= 15 is 0 Å². The summed E-state index contributed by atoms with van der Waals surface area (Å²) in [7, 11) is -4.00. The smallest absolute Gasteiger partial charge is 0.226 e. The van der Waals surface area contributed by atoms with Crippen LogP contribution in [0.4, 0.5) is 0 Å². The lowest BCUT2D eigenvalue weighted by atomic mass is 10.3. The van der Waals surface area contributed by atoms with E-state index in [-0.39, 0.29) is 57.0 Å². The highest BCUT2D eigenvalue weighted by atomic mass is 35.5. The number of hydrogen-bond acceptors (Lipinski definition) is 8. The molecule has 2 amide bonds. The minimum absolute atomic E-state index is 0.0202. The van der Waals surface area contributed by atoms with Crippen LogP contribution in [0.3, 0.4) is 0 Å². The zero-order chi connectivity index (χ0) is 26.3. The van der Waals surface area contributed by atoms with Gasteiger partial charge >= 0.3 is 0 Å². The van der Waals surface area contributed by atoms with Crippen LogP contribution in [0.1, 0.15) is 13.8 Å². The Bertz CT molecular complexity index is 1120. The van der Waals surface area contributed by atoms with E-state index in [1.165, 1.54) is 50.2 Å². The molecule has 0 bridgehead atoms. The number of imide groups is 1. The summed E-state index contributed by atoms with van der Waals surface area (Å²) in [5.74, 6) is -0.780. The molecule has 0 fully saturated rings. The number of alkyl halides is 1. The van der Waals surface area contributed by atoms with Crippen LogP contribution < -0.4 is 9.47 Å². The Hall–Kier alpha value is -2.08. The SMILES string of the molecule is CC(=O)N(C[C@H](O)COc1ccc(S(=O)(=O)c2cc(Cl)c(OC[C@H](O)CCl)c(Cl)c2)cc1)C(C)=O. The maximum atomic E-state index is 13.0. The van der Waals surface area contributed by atoms with Crippen LogP contribution >= 0.6 is 34.8 Å². The lowest BCUT2D eigenvalue weighted by Gasteiger charge is -2.21. The molecule has 2 atom stereocenters. The molecule has 2 rings (SSSR count). The van der Waals surface area contributed by atoms with Crippen molar-refractivity contribution in [1.29, 1.82) is 0 Å². The molecule has 0 unspecified atom stereocenters. The minimum atomic E-state index is -4.00. The maximum absolute atomic E-state index is 13.0. The summed E-state index contributed by atoms with van der Waals surface area (Å²) < 4.78 is 36.8. The van der Waals surface area contributed by atoms with Crippen molar-refractivity contribution in [1.82, 2.24) is 4.90 Å². The second kappa shape index (κ2) is 12.8. The zero-order valence-electron chi connectivity index (χ0n) is 18.8. The lowest BCUT2D eigenvalue weighted by molar-refractivity contribution is -0.144. The summed E-state index contributed by atoms with van der Waals surface area (Å²) in [5.41, 5.74) is 0. The first kappa shape index (κ1) is 29.2. The number of amides is 2. The van der Waals surface area contributed by atoms with Crippen LogP contribution in [-0.4, -0.2) is 73.2 Å². The van der Waals surface area contributed by atoms with Gasteiger partial charge in [0.05, 0.1) is 32.3 Å². The van der Waals surface area contributed by atoms with Crippen LogP contribution in [0.5, 0.6) is 11.5 Å². The average Bonchev–Trinajstić information content (AvgIpc) is 2.80. The van der Waals surface area contributed by atoms with Gasteiger partial charge in [0, 0.05) is 13.8 Å². The fourth-order valence-corrected chi connectivity index (χ4v) is 4.97. The molecule has 0 radical (unpaired) electrons. The first-order valence-corrected chi connectivity index (χ1v) is 12.9. The van der Waals surface area contributed by atoms with Crippen molar-refractivity contribution in [3.8, 4) is 11.5 Å². The Kier molecular flexibility index (Phi) is 10.6. The fourth-order valence-electron chi connectivity index (χ4n) is 2.84. The topological polar surface area (TPSA) is 130 Å². The Balaban J connectivity index is 2.11. The van der Waals surface area contributed by atoms with E-state index in [1.54, 1.807) is 0 Å². The molecule has 0 aliphatic carbocycles. The minimum Gasteiger partial charge on any atom is -0.491 e. The molecule has 13 heteroatoms. The second-order valence-corrected chi connectivity index (χ2v) is 10.5. The number of sulfone groups is 1. The van der Waals surface area contributed by atoms with Crippen molar-refractivity contribution in [3.63, 3.8) is 0 Å². The molecule has 0 saturated heterocycles. The number of aliphatic hydroxyl groups excluding tert-OH is 2. The van der Waals surface area contributed by atoms with Gasteiger partial charge in [0.25, 0.3) is 0 Å². The van der Waals surface area contributed by atoms with Gasteiger partial charge in [-0.05, 0) is 36.4 Å². The van der Waals surface area contributed by atoms with Crippen molar-refractivity contribution in [3.05, 3.63) is 46.4 Å². The third kappa shape index (κ3) is 7.96. The molecule has 192 valence electrons. The highest BCUT2D eigenvalue weighted by molar-refractivity contribution is 7.91. The molecule has 0 aromatic heterocycles. The van der Waals surface area contributed by atoms with E-state index in [1.807, 2.05) is 0 Å². The third-order valence-electron chi connectivity index (χ3n) is 4.61. The van der Waals surface area contributed by atoms with E-state index in [0.717, 1.165) is 4.90 Å². The molecule has 0 aliphatic rings. The van der Waals surface area contributed by atoms with E-state index in [2.05, 4.69) is 0 Å². The molecule has 2 aromatic rings. The fraction of sp³-hybridized carbons (Fsp3) is 0.364. The van der Waals surface area contributed by atoms with Gasteiger partial charge in [-0.1, -0.05) is 23.2 Å². The number of carbonyl (C=O) groups is 2. The summed E-state index contributed by atoms with van der Waals surface area (Å²) in [6, 6.07) is 7.75. The van der Waals surface area contributed by atoms with Gasteiger partial charge in [-0.2, -0.15) is 0 Å². The zero-order valence-corrected chi connectivity index (χ0v) is 21.9. The molecule has 35 heavy (non-hydrogen) atoms. The molecule has 2 N–H and O–H groups in total. The van der Waals surface area contributed by atoms with Crippen LogP contribution in [0.25, 0.3) is 0 Å². The van der Waals surface area contributed by atoms with E-state index in [9.17, 15) is 28.2 Å². The summed E-state index contributed by atoms with van der Waals surface area (Å²) in [6.07, 6.45) is -2.09. The van der Waals surface area contributed by atoms with Crippen LogP contribution in [0.15, 0.2) is 46.2 Å². The van der Waals surface area contributed by atoms with Gasteiger partial charge in [0.1, 0.15) is 31.2 Å². The highest BCUT2D eigenvalue weighted by Crippen LogP contribution is 2.37. The molecule has 0 saturated carbocycles. The molecule has 9 nitrogen and oxygen atoms in total. The van der Waals surface area contributed by atoms with Gasteiger partial charge in [0.15, 0.2) is 5.75 Å².